The molecule has 0 radical (unpaired) electrons. The smallest absolute Gasteiger partial charge is 0.412 e. The van der Waals surface area contributed by atoms with Gasteiger partial charge in [0.1, 0.15) is 11.4 Å². The number of carbonyl (C=O) groups excluding carboxylic acids is 1. The zero-order valence-corrected chi connectivity index (χ0v) is 13.2. The number of benzene rings is 1. The van der Waals surface area contributed by atoms with E-state index in [9.17, 15) is 9.59 Å². The Morgan fingerprint density at radius 3 is 2.50 bits per heavy atom. The molecule has 0 bridgehead atoms. The molecule has 0 aromatic heterocycles. The van der Waals surface area contributed by atoms with Crippen LogP contribution in [0.4, 0.5) is 10.5 Å². The summed E-state index contributed by atoms with van der Waals surface area (Å²) >= 11 is 0. The SMILES string of the molecule is COc1ccc(C(N)CC(=O)O)c(NC(=O)OC(C)(C)C)c1. The molecule has 0 aliphatic carbocycles. The lowest BCUT2D eigenvalue weighted by atomic mass is 10.0. The van der Waals surface area contributed by atoms with E-state index >= 15 is 0 Å². The van der Waals surface area contributed by atoms with Crippen LogP contribution in [0.15, 0.2) is 18.2 Å². The van der Waals surface area contributed by atoms with Crippen molar-refractivity contribution in [3.63, 3.8) is 0 Å². The minimum absolute atomic E-state index is 0.255. The Morgan fingerprint density at radius 2 is 2.00 bits per heavy atom. The van der Waals surface area contributed by atoms with E-state index in [1.165, 1.54) is 7.11 Å². The maximum Gasteiger partial charge on any atom is 0.412 e. The van der Waals surface area contributed by atoms with Crippen molar-refractivity contribution in [2.75, 3.05) is 12.4 Å². The van der Waals surface area contributed by atoms with Gasteiger partial charge in [-0.15, -0.1) is 0 Å². The van der Waals surface area contributed by atoms with Crippen molar-refractivity contribution >= 4 is 17.7 Å². The second kappa shape index (κ2) is 7.13. The molecule has 0 heterocycles. The number of carboxylic acid groups (broad SMARTS) is 1. The van der Waals surface area contributed by atoms with Crippen molar-refractivity contribution < 1.29 is 24.2 Å². The van der Waals surface area contributed by atoms with Gasteiger partial charge in [-0.25, -0.2) is 4.79 Å². The molecule has 0 saturated carbocycles. The fourth-order valence-corrected chi connectivity index (χ4v) is 1.81. The normalized spacial score (nSPS) is 12.4. The molecule has 7 heteroatoms. The molecular formula is C15H22N2O5. The summed E-state index contributed by atoms with van der Waals surface area (Å²) in [4.78, 5) is 22.7. The van der Waals surface area contributed by atoms with Crippen LogP contribution in [0, 0.1) is 0 Å². The van der Waals surface area contributed by atoms with Gasteiger partial charge in [0.05, 0.1) is 19.2 Å². The van der Waals surface area contributed by atoms with Gasteiger partial charge in [-0.1, -0.05) is 6.07 Å². The molecule has 1 unspecified atom stereocenters. The second-order valence-electron chi connectivity index (χ2n) is 5.78. The molecule has 1 amide bonds. The summed E-state index contributed by atoms with van der Waals surface area (Å²) in [5, 5.41) is 11.4. The standard InChI is InChI=1S/C15H22N2O5/c1-15(2,3)22-14(20)17-12-7-9(21-4)5-6-10(12)11(16)8-13(18)19/h5-7,11H,8,16H2,1-4H3,(H,17,20)(H,18,19). The average molecular weight is 310 g/mol. The molecule has 1 aromatic rings. The van der Waals surface area contributed by atoms with Crippen LogP contribution < -0.4 is 15.8 Å². The molecule has 7 nitrogen and oxygen atoms in total. The van der Waals surface area contributed by atoms with Gasteiger partial charge in [0.25, 0.3) is 0 Å². The van der Waals surface area contributed by atoms with Crippen molar-refractivity contribution in [1.82, 2.24) is 0 Å². The number of ether oxygens (including phenoxy) is 2. The van der Waals surface area contributed by atoms with Gasteiger partial charge in [-0.05, 0) is 32.4 Å². The van der Waals surface area contributed by atoms with Crippen molar-refractivity contribution in [3.05, 3.63) is 23.8 Å². The number of methoxy groups -OCH3 is 1. The lowest BCUT2D eigenvalue weighted by molar-refractivity contribution is -0.137. The Morgan fingerprint density at radius 1 is 1.36 bits per heavy atom. The van der Waals surface area contributed by atoms with Crippen LogP contribution in [0.2, 0.25) is 0 Å². The van der Waals surface area contributed by atoms with Gasteiger partial charge in [0.15, 0.2) is 0 Å². The predicted molar refractivity (Wildman–Crippen MR) is 82.0 cm³/mol. The zero-order valence-electron chi connectivity index (χ0n) is 13.2. The van der Waals surface area contributed by atoms with E-state index in [1.54, 1.807) is 39.0 Å². The Hall–Kier alpha value is -2.28. The van der Waals surface area contributed by atoms with Gasteiger partial charge in [0, 0.05) is 12.1 Å². The lowest BCUT2D eigenvalue weighted by Crippen LogP contribution is -2.28. The summed E-state index contributed by atoms with van der Waals surface area (Å²) in [7, 11) is 1.49. The van der Waals surface area contributed by atoms with Crippen LogP contribution in [0.25, 0.3) is 0 Å². The molecule has 1 rings (SSSR count). The number of carbonyl (C=O) groups is 2. The first kappa shape index (κ1) is 17.8. The van der Waals surface area contributed by atoms with E-state index in [4.69, 9.17) is 20.3 Å². The fourth-order valence-electron chi connectivity index (χ4n) is 1.81. The van der Waals surface area contributed by atoms with E-state index in [1.807, 2.05) is 0 Å². The number of aliphatic carboxylic acids is 1. The highest BCUT2D eigenvalue weighted by atomic mass is 16.6. The molecule has 0 fully saturated rings. The van der Waals surface area contributed by atoms with Crippen molar-refractivity contribution in [3.8, 4) is 5.75 Å². The van der Waals surface area contributed by atoms with E-state index in [0.717, 1.165) is 0 Å². The number of amides is 1. The van der Waals surface area contributed by atoms with Crippen molar-refractivity contribution in [1.29, 1.82) is 0 Å². The Bertz CT molecular complexity index is 551. The van der Waals surface area contributed by atoms with E-state index in [-0.39, 0.29) is 6.42 Å². The fraction of sp³-hybridized carbons (Fsp3) is 0.467. The third-order valence-electron chi connectivity index (χ3n) is 2.69. The Kier molecular flexibility index (Phi) is 5.76. The van der Waals surface area contributed by atoms with Crippen molar-refractivity contribution in [2.45, 2.75) is 38.8 Å². The molecule has 4 N–H and O–H groups in total. The molecular weight excluding hydrogens is 288 g/mol. The number of nitrogens with one attached hydrogen (secondary N) is 1. The van der Waals surface area contributed by atoms with E-state index in [2.05, 4.69) is 5.32 Å². The van der Waals surface area contributed by atoms with Gasteiger partial charge < -0.3 is 20.3 Å². The first-order valence-electron chi connectivity index (χ1n) is 6.77. The molecule has 0 aliphatic heterocycles. The molecule has 0 saturated heterocycles. The van der Waals surface area contributed by atoms with E-state index < -0.39 is 23.7 Å². The monoisotopic (exact) mass is 310 g/mol. The van der Waals surface area contributed by atoms with Crippen LogP contribution in [0.3, 0.4) is 0 Å². The summed E-state index contributed by atoms with van der Waals surface area (Å²) in [5.41, 5.74) is 6.09. The number of hydrogen-bond acceptors (Lipinski definition) is 5. The highest BCUT2D eigenvalue weighted by Crippen LogP contribution is 2.28. The third kappa shape index (κ3) is 5.61. The molecule has 0 aliphatic rings. The zero-order chi connectivity index (χ0) is 16.9. The topological polar surface area (TPSA) is 111 Å². The van der Waals surface area contributed by atoms with Gasteiger partial charge in [-0.2, -0.15) is 0 Å². The van der Waals surface area contributed by atoms with Crippen LogP contribution in [-0.2, 0) is 9.53 Å². The maximum absolute atomic E-state index is 11.9. The summed E-state index contributed by atoms with van der Waals surface area (Å²) in [6.45, 7) is 5.24. The second-order valence-corrected chi connectivity index (χ2v) is 5.78. The summed E-state index contributed by atoms with van der Waals surface area (Å²) in [5.74, 6) is -0.510. The maximum atomic E-state index is 11.9. The van der Waals surface area contributed by atoms with Crippen LogP contribution in [0.1, 0.15) is 38.8 Å². The van der Waals surface area contributed by atoms with Crippen LogP contribution in [-0.4, -0.2) is 29.9 Å². The van der Waals surface area contributed by atoms with Crippen LogP contribution >= 0.6 is 0 Å². The Labute approximate surface area is 129 Å². The minimum Gasteiger partial charge on any atom is -0.497 e. The van der Waals surface area contributed by atoms with Gasteiger partial charge >= 0.3 is 12.1 Å². The number of rotatable bonds is 5. The average Bonchev–Trinajstić information content (AvgIpc) is 2.35. The highest BCUT2D eigenvalue weighted by molar-refractivity contribution is 5.86. The van der Waals surface area contributed by atoms with E-state index in [0.29, 0.717) is 17.0 Å². The molecule has 122 valence electrons. The number of carboxylic acids is 1. The van der Waals surface area contributed by atoms with Crippen LogP contribution in [0.5, 0.6) is 5.75 Å². The summed E-state index contributed by atoms with van der Waals surface area (Å²) in [6, 6.07) is 4.09. The number of anilines is 1. The quantitative estimate of drug-likeness (QED) is 0.770. The summed E-state index contributed by atoms with van der Waals surface area (Å²) in [6.07, 6.45) is -0.903. The first-order valence-corrected chi connectivity index (χ1v) is 6.77. The molecule has 0 spiro atoms. The largest absolute Gasteiger partial charge is 0.497 e. The van der Waals surface area contributed by atoms with Crippen molar-refractivity contribution in [2.24, 2.45) is 5.73 Å². The van der Waals surface area contributed by atoms with Gasteiger partial charge in [-0.3, -0.25) is 10.1 Å². The highest BCUT2D eigenvalue weighted by Gasteiger charge is 2.20. The van der Waals surface area contributed by atoms with Gasteiger partial charge in [0.2, 0.25) is 0 Å². The lowest BCUT2D eigenvalue weighted by Gasteiger charge is -2.21. The first-order chi connectivity index (χ1) is 10.1. The summed E-state index contributed by atoms with van der Waals surface area (Å²) < 4.78 is 10.3. The molecule has 1 aromatic carbocycles. The minimum atomic E-state index is -1.02. The Balaban J connectivity index is 3.03. The number of hydrogen-bond donors (Lipinski definition) is 3. The predicted octanol–water partition coefficient (Wildman–Crippen LogP) is 2.52. The number of nitrogens with two attached hydrogens (primary N) is 1. The molecule has 22 heavy (non-hydrogen) atoms. The third-order valence-corrected chi connectivity index (χ3v) is 2.69. The molecule has 1 atom stereocenters.